The van der Waals surface area contributed by atoms with Crippen molar-refractivity contribution in [2.75, 3.05) is 13.2 Å². The third-order valence-corrected chi connectivity index (χ3v) is 2.91. The number of benzene rings is 1. The molecule has 1 heterocycles. The Kier molecular flexibility index (Phi) is 2.73. The molecule has 0 atom stereocenters. The average molecular weight is 192 g/mol. The van der Waals surface area contributed by atoms with Crippen LogP contribution in [0.3, 0.4) is 0 Å². The molecule has 1 N–H and O–H groups in total. The van der Waals surface area contributed by atoms with Crippen molar-refractivity contribution in [2.24, 2.45) is 0 Å². The van der Waals surface area contributed by atoms with Gasteiger partial charge in [0.1, 0.15) is 5.75 Å². The van der Waals surface area contributed by atoms with Gasteiger partial charge in [0.05, 0.1) is 0 Å². The molecular formula is C12H16O2. The van der Waals surface area contributed by atoms with Crippen molar-refractivity contribution in [2.45, 2.75) is 25.7 Å². The highest BCUT2D eigenvalue weighted by molar-refractivity contribution is 5.36. The molecule has 1 aromatic carbocycles. The van der Waals surface area contributed by atoms with Crippen LogP contribution in [0.15, 0.2) is 18.2 Å². The van der Waals surface area contributed by atoms with Crippen molar-refractivity contribution in [3.8, 4) is 5.75 Å². The molecule has 1 saturated heterocycles. The molecule has 0 aromatic heterocycles. The zero-order valence-electron chi connectivity index (χ0n) is 8.49. The minimum absolute atomic E-state index is 0.360. The molecule has 1 aliphatic rings. The highest BCUT2D eigenvalue weighted by atomic mass is 16.5. The first-order valence-electron chi connectivity index (χ1n) is 5.14. The monoisotopic (exact) mass is 192 g/mol. The molecule has 0 amide bonds. The first-order valence-corrected chi connectivity index (χ1v) is 5.14. The summed E-state index contributed by atoms with van der Waals surface area (Å²) in [5.41, 5.74) is 2.56. The first-order chi connectivity index (χ1) is 6.77. The fourth-order valence-electron chi connectivity index (χ4n) is 2.13. The molecule has 2 nitrogen and oxygen atoms in total. The number of phenolic OH excluding ortho intramolecular Hbond substituents is 1. The van der Waals surface area contributed by atoms with Gasteiger partial charge in [0, 0.05) is 13.2 Å². The zero-order valence-corrected chi connectivity index (χ0v) is 8.49. The Hall–Kier alpha value is -1.02. The summed E-state index contributed by atoms with van der Waals surface area (Å²) in [6, 6.07) is 5.66. The highest BCUT2D eigenvalue weighted by Gasteiger charge is 2.17. The molecule has 0 bridgehead atoms. The number of hydrogen-bond acceptors (Lipinski definition) is 2. The Labute approximate surface area is 84.5 Å². The lowest BCUT2D eigenvalue weighted by molar-refractivity contribution is 0.0852. The Morgan fingerprint density at radius 1 is 1.29 bits per heavy atom. The molecule has 0 radical (unpaired) electrons. The number of aromatic hydroxyl groups is 1. The molecular weight excluding hydrogens is 176 g/mol. The van der Waals surface area contributed by atoms with Gasteiger partial charge in [-0.1, -0.05) is 6.07 Å². The van der Waals surface area contributed by atoms with Crippen molar-refractivity contribution in [3.63, 3.8) is 0 Å². The number of phenols is 1. The average Bonchev–Trinajstić information content (AvgIpc) is 2.19. The summed E-state index contributed by atoms with van der Waals surface area (Å²) < 4.78 is 5.34. The fourth-order valence-corrected chi connectivity index (χ4v) is 2.13. The van der Waals surface area contributed by atoms with Gasteiger partial charge in [-0.25, -0.2) is 0 Å². The zero-order chi connectivity index (χ0) is 9.97. The van der Waals surface area contributed by atoms with E-state index in [-0.39, 0.29) is 0 Å². The van der Waals surface area contributed by atoms with E-state index in [1.165, 1.54) is 11.1 Å². The molecule has 1 fully saturated rings. The lowest BCUT2D eigenvalue weighted by Crippen LogP contribution is -2.14. The maximum atomic E-state index is 9.31. The van der Waals surface area contributed by atoms with Crippen molar-refractivity contribution in [1.29, 1.82) is 0 Å². The normalized spacial score (nSPS) is 18.4. The second kappa shape index (κ2) is 4.01. The molecule has 2 heteroatoms. The van der Waals surface area contributed by atoms with Gasteiger partial charge in [-0.05, 0) is 48.9 Å². The van der Waals surface area contributed by atoms with Crippen molar-refractivity contribution < 1.29 is 9.84 Å². The molecule has 0 unspecified atom stereocenters. The minimum atomic E-state index is 0.360. The van der Waals surface area contributed by atoms with Crippen molar-refractivity contribution in [1.82, 2.24) is 0 Å². The second-order valence-corrected chi connectivity index (χ2v) is 3.93. The lowest BCUT2D eigenvalue weighted by atomic mass is 9.89. The fraction of sp³-hybridized carbons (Fsp3) is 0.500. The van der Waals surface area contributed by atoms with Crippen LogP contribution in [0.4, 0.5) is 0 Å². The van der Waals surface area contributed by atoms with Crippen LogP contribution in [0.25, 0.3) is 0 Å². The maximum Gasteiger partial charge on any atom is 0.115 e. The summed E-state index contributed by atoms with van der Waals surface area (Å²) in [6.07, 6.45) is 2.21. The van der Waals surface area contributed by atoms with Crippen LogP contribution in [-0.4, -0.2) is 18.3 Å². The molecule has 1 aliphatic heterocycles. The standard InChI is InChI=1S/C12H16O2/c1-9-8-11(13)2-3-12(9)10-4-6-14-7-5-10/h2-3,8,10,13H,4-7H2,1H3. The molecule has 0 aliphatic carbocycles. The summed E-state index contributed by atoms with van der Waals surface area (Å²) in [6.45, 7) is 3.79. The second-order valence-electron chi connectivity index (χ2n) is 3.93. The van der Waals surface area contributed by atoms with E-state index < -0.39 is 0 Å². The molecule has 1 aromatic rings. The van der Waals surface area contributed by atoms with Crippen molar-refractivity contribution in [3.05, 3.63) is 29.3 Å². The topological polar surface area (TPSA) is 29.5 Å². The summed E-state index contributed by atoms with van der Waals surface area (Å²) >= 11 is 0. The number of ether oxygens (including phenoxy) is 1. The van der Waals surface area contributed by atoms with E-state index in [4.69, 9.17) is 4.74 Å². The summed E-state index contributed by atoms with van der Waals surface area (Å²) in [5.74, 6) is 0.975. The number of aryl methyl sites for hydroxylation is 1. The van der Waals surface area contributed by atoms with Crippen LogP contribution in [-0.2, 0) is 4.74 Å². The van der Waals surface area contributed by atoms with Gasteiger partial charge >= 0.3 is 0 Å². The van der Waals surface area contributed by atoms with Crippen LogP contribution < -0.4 is 0 Å². The first kappa shape index (κ1) is 9.53. The van der Waals surface area contributed by atoms with E-state index in [9.17, 15) is 5.11 Å². The van der Waals surface area contributed by atoms with Gasteiger partial charge in [-0.2, -0.15) is 0 Å². The predicted molar refractivity (Wildman–Crippen MR) is 55.6 cm³/mol. The Morgan fingerprint density at radius 2 is 2.00 bits per heavy atom. The Morgan fingerprint density at radius 3 is 2.64 bits per heavy atom. The third kappa shape index (κ3) is 1.90. The van der Waals surface area contributed by atoms with Gasteiger partial charge in [-0.15, -0.1) is 0 Å². The van der Waals surface area contributed by atoms with Crippen LogP contribution in [0, 0.1) is 6.92 Å². The van der Waals surface area contributed by atoms with E-state index in [0.29, 0.717) is 11.7 Å². The Balaban J connectivity index is 2.22. The third-order valence-electron chi connectivity index (χ3n) is 2.91. The quantitative estimate of drug-likeness (QED) is 0.741. The number of hydrogen-bond donors (Lipinski definition) is 1. The van der Waals surface area contributed by atoms with Gasteiger partial charge in [-0.3, -0.25) is 0 Å². The van der Waals surface area contributed by atoms with Crippen LogP contribution in [0.5, 0.6) is 5.75 Å². The predicted octanol–water partition coefficient (Wildman–Crippen LogP) is 2.59. The van der Waals surface area contributed by atoms with Crippen molar-refractivity contribution >= 4 is 0 Å². The van der Waals surface area contributed by atoms with E-state index in [1.807, 2.05) is 12.1 Å². The summed E-state index contributed by atoms with van der Waals surface area (Å²) in [4.78, 5) is 0. The van der Waals surface area contributed by atoms with Gasteiger partial charge in [0.25, 0.3) is 0 Å². The van der Waals surface area contributed by atoms with Crippen LogP contribution in [0.2, 0.25) is 0 Å². The molecule has 76 valence electrons. The number of rotatable bonds is 1. The minimum Gasteiger partial charge on any atom is -0.508 e. The van der Waals surface area contributed by atoms with E-state index >= 15 is 0 Å². The summed E-state index contributed by atoms with van der Waals surface area (Å²) in [7, 11) is 0. The van der Waals surface area contributed by atoms with Gasteiger partial charge in [0.2, 0.25) is 0 Å². The maximum absolute atomic E-state index is 9.31. The van der Waals surface area contributed by atoms with Crippen LogP contribution in [0.1, 0.15) is 29.9 Å². The molecule has 0 saturated carbocycles. The lowest BCUT2D eigenvalue weighted by Gasteiger charge is -2.23. The van der Waals surface area contributed by atoms with Gasteiger partial charge in [0.15, 0.2) is 0 Å². The SMILES string of the molecule is Cc1cc(O)ccc1C1CCOCC1. The molecule has 2 rings (SSSR count). The van der Waals surface area contributed by atoms with E-state index in [0.717, 1.165) is 26.1 Å². The smallest absolute Gasteiger partial charge is 0.115 e. The largest absolute Gasteiger partial charge is 0.508 e. The molecule has 14 heavy (non-hydrogen) atoms. The highest BCUT2D eigenvalue weighted by Crippen LogP contribution is 2.30. The van der Waals surface area contributed by atoms with E-state index in [1.54, 1.807) is 6.07 Å². The van der Waals surface area contributed by atoms with Crippen LogP contribution >= 0.6 is 0 Å². The summed E-state index contributed by atoms with van der Waals surface area (Å²) in [5, 5.41) is 9.31. The van der Waals surface area contributed by atoms with Gasteiger partial charge < -0.3 is 9.84 Å². The molecule has 0 spiro atoms. The Bertz CT molecular complexity index is 314. The van der Waals surface area contributed by atoms with E-state index in [2.05, 4.69) is 6.92 Å².